The molecule has 2 aromatic rings. The monoisotopic (exact) mass is 322 g/mol. The van der Waals surface area contributed by atoms with Gasteiger partial charge in [-0.1, -0.05) is 72.8 Å². The molecule has 23 heavy (non-hydrogen) atoms. The van der Waals surface area contributed by atoms with E-state index in [1.165, 1.54) is 23.0 Å². The molecule has 0 saturated carbocycles. The van der Waals surface area contributed by atoms with E-state index in [9.17, 15) is 4.79 Å². The summed E-state index contributed by atoms with van der Waals surface area (Å²) in [5.74, 6) is -0.180. The van der Waals surface area contributed by atoms with Crippen LogP contribution in [-0.2, 0) is 9.53 Å². The average Bonchev–Trinajstić information content (AvgIpc) is 3.05. The lowest BCUT2D eigenvalue weighted by Crippen LogP contribution is -2.13. The fourth-order valence-electron chi connectivity index (χ4n) is 2.78. The van der Waals surface area contributed by atoms with Gasteiger partial charge in [0.15, 0.2) is 0 Å². The summed E-state index contributed by atoms with van der Waals surface area (Å²) in [6.07, 6.45) is 5.48. The zero-order valence-corrected chi connectivity index (χ0v) is 14.0. The Morgan fingerprint density at radius 1 is 1.00 bits per heavy atom. The second-order valence-corrected chi connectivity index (χ2v) is 7.58. The molecule has 0 unspecified atom stereocenters. The second kappa shape index (κ2) is 7.39. The molecule has 0 aromatic heterocycles. The van der Waals surface area contributed by atoms with Crippen LogP contribution in [0.4, 0.5) is 0 Å². The Balaban J connectivity index is 2.05. The molecule has 0 saturated heterocycles. The molecule has 3 heteroatoms. The first-order valence-corrected chi connectivity index (χ1v) is 8.99. The zero-order chi connectivity index (χ0) is 16.1. The molecule has 116 valence electrons. The van der Waals surface area contributed by atoms with Crippen LogP contribution in [0.1, 0.15) is 12.8 Å². The number of rotatable bonds is 5. The SMILES string of the molecule is COC(=O)CC1=C(P(c2ccccc2)c2ccccc2)CC=C1. The topological polar surface area (TPSA) is 26.3 Å². The number of carbonyl (C=O) groups is 1. The van der Waals surface area contributed by atoms with Gasteiger partial charge >= 0.3 is 5.97 Å². The van der Waals surface area contributed by atoms with Crippen molar-refractivity contribution in [3.05, 3.63) is 83.7 Å². The third-order valence-corrected chi connectivity index (χ3v) is 6.50. The van der Waals surface area contributed by atoms with Crippen molar-refractivity contribution in [3.63, 3.8) is 0 Å². The van der Waals surface area contributed by atoms with Crippen molar-refractivity contribution < 1.29 is 9.53 Å². The van der Waals surface area contributed by atoms with Crippen LogP contribution in [0.5, 0.6) is 0 Å². The molecule has 0 fully saturated rings. The first-order chi connectivity index (χ1) is 11.3. The van der Waals surface area contributed by atoms with Crippen LogP contribution in [-0.4, -0.2) is 13.1 Å². The molecule has 0 bridgehead atoms. The zero-order valence-electron chi connectivity index (χ0n) is 13.1. The minimum Gasteiger partial charge on any atom is -0.469 e. The summed E-state index contributed by atoms with van der Waals surface area (Å²) < 4.78 is 4.85. The van der Waals surface area contributed by atoms with E-state index in [2.05, 4.69) is 60.7 Å². The molecule has 0 heterocycles. The number of hydrogen-bond acceptors (Lipinski definition) is 2. The van der Waals surface area contributed by atoms with Crippen molar-refractivity contribution in [3.8, 4) is 0 Å². The molecule has 0 spiro atoms. The van der Waals surface area contributed by atoms with E-state index in [4.69, 9.17) is 4.74 Å². The van der Waals surface area contributed by atoms with Gasteiger partial charge < -0.3 is 4.74 Å². The lowest BCUT2D eigenvalue weighted by atomic mass is 10.2. The third-order valence-electron chi connectivity index (χ3n) is 3.86. The number of methoxy groups -OCH3 is 1. The molecule has 3 rings (SSSR count). The van der Waals surface area contributed by atoms with Gasteiger partial charge in [-0.25, -0.2) is 0 Å². The lowest BCUT2D eigenvalue weighted by Gasteiger charge is -2.22. The second-order valence-electron chi connectivity index (χ2n) is 5.34. The molecule has 2 aromatic carbocycles. The highest BCUT2D eigenvalue weighted by molar-refractivity contribution is 7.76. The summed E-state index contributed by atoms with van der Waals surface area (Å²) in [7, 11) is 0.825. The number of allylic oxidation sites excluding steroid dienone is 3. The van der Waals surface area contributed by atoms with Crippen LogP contribution in [0.15, 0.2) is 83.7 Å². The van der Waals surface area contributed by atoms with Crippen LogP contribution in [0, 0.1) is 0 Å². The molecule has 0 radical (unpaired) electrons. The average molecular weight is 322 g/mol. The maximum atomic E-state index is 11.7. The van der Waals surface area contributed by atoms with E-state index >= 15 is 0 Å². The van der Waals surface area contributed by atoms with Gasteiger partial charge in [-0.2, -0.15) is 0 Å². The first kappa shape index (κ1) is 15.7. The van der Waals surface area contributed by atoms with E-state index in [0.717, 1.165) is 12.0 Å². The number of carbonyl (C=O) groups excluding carboxylic acids is 1. The van der Waals surface area contributed by atoms with E-state index in [0.29, 0.717) is 6.42 Å². The Morgan fingerprint density at radius 2 is 1.57 bits per heavy atom. The van der Waals surface area contributed by atoms with Crippen molar-refractivity contribution in [1.29, 1.82) is 0 Å². The highest BCUT2D eigenvalue weighted by Crippen LogP contribution is 2.49. The lowest BCUT2D eigenvalue weighted by molar-refractivity contribution is -0.139. The standard InChI is InChI=1S/C20H19O2P/c1-22-20(21)15-16-9-8-14-19(16)23(17-10-4-2-5-11-17)18-12-6-3-7-13-18/h2-13H,14-15H2,1H3. The van der Waals surface area contributed by atoms with Crippen LogP contribution >= 0.6 is 7.92 Å². The summed E-state index contributed by atoms with van der Waals surface area (Å²) in [4.78, 5) is 11.7. The molecule has 0 amide bonds. The molecular formula is C20H19O2P. The Bertz CT molecular complexity index is 693. The van der Waals surface area contributed by atoms with Gasteiger partial charge in [0.2, 0.25) is 0 Å². The summed E-state index contributed by atoms with van der Waals surface area (Å²) in [5.41, 5.74) is 1.11. The summed E-state index contributed by atoms with van der Waals surface area (Å²) in [6, 6.07) is 21.1. The third kappa shape index (κ3) is 3.60. The predicted octanol–water partition coefficient (Wildman–Crippen LogP) is 3.90. The quantitative estimate of drug-likeness (QED) is 0.616. The van der Waals surface area contributed by atoms with Gasteiger partial charge in [0.1, 0.15) is 0 Å². The van der Waals surface area contributed by atoms with Gasteiger partial charge in [-0.3, -0.25) is 4.79 Å². The molecule has 1 aliphatic carbocycles. The maximum Gasteiger partial charge on any atom is 0.309 e. The van der Waals surface area contributed by atoms with Gasteiger partial charge in [0.25, 0.3) is 0 Å². The Kier molecular flexibility index (Phi) is 5.05. The molecule has 1 aliphatic rings. The van der Waals surface area contributed by atoms with Crippen molar-refractivity contribution >= 4 is 24.5 Å². The molecule has 0 aliphatic heterocycles. The Hall–Kier alpha value is -2.18. The van der Waals surface area contributed by atoms with E-state index < -0.39 is 7.92 Å². The smallest absolute Gasteiger partial charge is 0.309 e. The van der Waals surface area contributed by atoms with Crippen molar-refractivity contribution in [1.82, 2.24) is 0 Å². The number of benzene rings is 2. The van der Waals surface area contributed by atoms with E-state index in [1.54, 1.807) is 0 Å². The number of hydrogen-bond donors (Lipinski definition) is 0. The molecule has 0 N–H and O–H groups in total. The highest BCUT2D eigenvalue weighted by Gasteiger charge is 2.24. The van der Waals surface area contributed by atoms with Crippen LogP contribution in [0.25, 0.3) is 0 Å². The van der Waals surface area contributed by atoms with E-state index in [1.807, 2.05) is 12.1 Å². The minimum atomic E-state index is -0.618. The highest BCUT2D eigenvalue weighted by atomic mass is 31.1. The van der Waals surface area contributed by atoms with Gasteiger partial charge in [0, 0.05) is 0 Å². The Labute approximate surface area is 138 Å². The normalized spacial score (nSPS) is 13.7. The van der Waals surface area contributed by atoms with Gasteiger partial charge in [-0.05, 0) is 35.8 Å². The van der Waals surface area contributed by atoms with Crippen LogP contribution < -0.4 is 10.6 Å². The molecule has 0 atom stereocenters. The predicted molar refractivity (Wildman–Crippen MR) is 96.5 cm³/mol. The van der Waals surface area contributed by atoms with E-state index in [-0.39, 0.29) is 5.97 Å². The number of esters is 1. The largest absolute Gasteiger partial charge is 0.469 e. The molecule has 2 nitrogen and oxygen atoms in total. The van der Waals surface area contributed by atoms with Crippen LogP contribution in [0.2, 0.25) is 0 Å². The Morgan fingerprint density at radius 3 is 2.09 bits per heavy atom. The van der Waals surface area contributed by atoms with Crippen molar-refractivity contribution in [2.45, 2.75) is 12.8 Å². The summed E-state index contributed by atoms with van der Waals surface area (Å²) in [6.45, 7) is 0. The fraction of sp³-hybridized carbons (Fsp3) is 0.150. The minimum absolute atomic E-state index is 0.180. The van der Waals surface area contributed by atoms with Gasteiger partial charge in [-0.15, -0.1) is 0 Å². The van der Waals surface area contributed by atoms with Crippen LogP contribution in [0.3, 0.4) is 0 Å². The fourth-order valence-corrected chi connectivity index (χ4v) is 5.37. The van der Waals surface area contributed by atoms with Crippen molar-refractivity contribution in [2.24, 2.45) is 0 Å². The van der Waals surface area contributed by atoms with Crippen molar-refractivity contribution in [2.75, 3.05) is 7.11 Å². The summed E-state index contributed by atoms with van der Waals surface area (Å²) >= 11 is 0. The van der Waals surface area contributed by atoms with Gasteiger partial charge in [0.05, 0.1) is 13.5 Å². The maximum absolute atomic E-state index is 11.7. The molecular weight excluding hydrogens is 303 g/mol. The number of ether oxygens (including phenoxy) is 1. The first-order valence-electron chi connectivity index (χ1n) is 7.65. The summed E-state index contributed by atoms with van der Waals surface area (Å²) in [5, 5.41) is 3.98.